The molecule has 136 valence electrons. The number of hydrogen-bond donors (Lipinski definition) is 1. The minimum Gasteiger partial charge on any atom is -0.507 e. The van der Waals surface area contributed by atoms with Crippen molar-refractivity contribution in [1.82, 2.24) is 0 Å². The number of aryl methyl sites for hydroxylation is 2. The molecule has 2 aliphatic heterocycles. The Bertz CT molecular complexity index is 839. The molecule has 3 rings (SSSR count). The topological polar surface area (TPSA) is 63.6 Å². The Morgan fingerprint density at radius 2 is 1.92 bits per heavy atom. The van der Waals surface area contributed by atoms with Crippen molar-refractivity contribution >= 4 is 15.9 Å². The van der Waals surface area contributed by atoms with Gasteiger partial charge in [-0.05, 0) is 74.9 Å². The number of phenolic OH excluding ortho intramolecular Hbond substituents is 1. The first-order chi connectivity index (χ1) is 11.7. The zero-order valence-corrected chi connectivity index (χ0v) is 16.1. The molecule has 1 fully saturated rings. The molecule has 1 N–H and O–H groups in total. The number of ether oxygens (including phenoxy) is 1. The molecule has 25 heavy (non-hydrogen) atoms. The van der Waals surface area contributed by atoms with Crippen LogP contribution in [0, 0.1) is 13.8 Å². The maximum absolute atomic E-state index is 12.1. The molecule has 0 amide bonds. The third-order valence-corrected chi connectivity index (χ3v) is 7.31. The van der Waals surface area contributed by atoms with Crippen molar-refractivity contribution in [3.05, 3.63) is 45.5 Å². The highest BCUT2D eigenvalue weighted by Crippen LogP contribution is 2.38. The number of benzene rings is 1. The van der Waals surface area contributed by atoms with Gasteiger partial charge in [0.2, 0.25) is 0 Å². The lowest BCUT2D eigenvalue weighted by Crippen LogP contribution is -2.19. The lowest BCUT2D eigenvalue weighted by Gasteiger charge is -2.13. The summed E-state index contributed by atoms with van der Waals surface area (Å²) < 4.78 is 30.0. The van der Waals surface area contributed by atoms with Crippen molar-refractivity contribution in [2.24, 2.45) is 0 Å². The molecule has 2 atom stereocenters. The molecule has 5 heteroatoms. The number of hydrogen-bond acceptors (Lipinski definition) is 4. The van der Waals surface area contributed by atoms with Crippen LogP contribution < -0.4 is 0 Å². The molecule has 0 saturated carbocycles. The monoisotopic (exact) mass is 362 g/mol. The molecule has 1 aromatic carbocycles. The van der Waals surface area contributed by atoms with Gasteiger partial charge in [0.1, 0.15) is 11.0 Å². The SMILES string of the molecule is CC1=C2[C@@H](CC/C(C)=C/c3cc(C)c(O)c(C)c3)OC[C@@H]2S(=O)(=O)C1. The van der Waals surface area contributed by atoms with Crippen molar-refractivity contribution in [2.45, 2.75) is 51.9 Å². The van der Waals surface area contributed by atoms with Gasteiger partial charge in [0.05, 0.1) is 18.5 Å². The second kappa shape index (κ2) is 6.61. The van der Waals surface area contributed by atoms with Gasteiger partial charge in [-0.15, -0.1) is 0 Å². The highest BCUT2D eigenvalue weighted by atomic mass is 32.2. The molecule has 0 aromatic heterocycles. The quantitative estimate of drug-likeness (QED) is 0.830. The summed E-state index contributed by atoms with van der Waals surface area (Å²) in [6.45, 7) is 8.10. The molecule has 4 nitrogen and oxygen atoms in total. The Kier molecular flexibility index (Phi) is 4.82. The molecule has 0 unspecified atom stereocenters. The van der Waals surface area contributed by atoms with Gasteiger partial charge in [-0.25, -0.2) is 8.42 Å². The summed E-state index contributed by atoms with van der Waals surface area (Å²) in [6, 6.07) is 3.95. The zero-order chi connectivity index (χ0) is 18.4. The van der Waals surface area contributed by atoms with Gasteiger partial charge in [-0.1, -0.05) is 17.2 Å². The van der Waals surface area contributed by atoms with Crippen LogP contribution in [0.1, 0.15) is 43.4 Å². The van der Waals surface area contributed by atoms with Crippen molar-refractivity contribution in [3.63, 3.8) is 0 Å². The number of aromatic hydroxyl groups is 1. The molecule has 0 radical (unpaired) electrons. The van der Waals surface area contributed by atoms with E-state index in [1.54, 1.807) is 0 Å². The van der Waals surface area contributed by atoms with E-state index in [0.717, 1.165) is 40.7 Å². The van der Waals surface area contributed by atoms with Crippen LogP contribution in [0.4, 0.5) is 0 Å². The van der Waals surface area contributed by atoms with Crippen LogP contribution in [-0.2, 0) is 14.6 Å². The van der Waals surface area contributed by atoms with E-state index in [1.807, 2.05) is 32.9 Å². The zero-order valence-electron chi connectivity index (χ0n) is 15.3. The summed E-state index contributed by atoms with van der Waals surface area (Å²) in [5.74, 6) is 0.540. The van der Waals surface area contributed by atoms with Crippen LogP contribution in [-0.4, -0.2) is 37.2 Å². The fraction of sp³-hybridized carbons (Fsp3) is 0.500. The van der Waals surface area contributed by atoms with Crippen LogP contribution in [0.2, 0.25) is 0 Å². The highest BCUT2D eigenvalue weighted by Gasteiger charge is 2.45. The first-order valence-electron chi connectivity index (χ1n) is 8.69. The van der Waals surface area contributed by atoms with E-state index < -0.39 is 15.1 Å². The summed E-state index contributed by atoms with van der Waals surface area (Å²) in [7, 11) is -3.04. The Labute approximate surface area is 150 Å². The predicted octanol–water partition coefficient (Wildman–Crippen LogP) is 3.70. The summed E-state index contributed by atoms with van der Waals surface area (Å²) in [5, 5.41) is 9.46. The maximum atomic E-state index is 12.1. The van der Waals surface area contributed by atoms with Gasteiger partial charge in [-0.2, -0.15) is 0 Å². The number of rotatable bonds is 4. The van der Waals surface area contributed by atoms with E-state index in [9.17, 15) is 13.5 Å². The maximum Gasteiger partial charge on any atom is 0.163 e. The van der Waals surface area contributed by atoms with Gasteiger partial charge < -0.3 is 9.84 Å². The first kappa shape index (κ1) is 18.2. The fourth-order valence-corrected chi connectivity index (χ4v) is 5.95. The van der Waals surface area contributed by atoms with E-state index >= 15 is 0 Å². The summed E-state index contributed by atoms with van der Waals surface area (Å²) in [4.78, 5) is 0. The van der Waals surface area contributed by atoms with Crippen molar-refractivity contribution < 1.29 is 18.3 Å². The molecular weight excluding hydrogens is 336 g/mol. The number of fused-ring (bicyclic) bond motifs is 1. The van der Waals surface area contributed by atoms with Crippen molar-refractivity contribution in [3.8, 4) is 5.75 Å². The highest BCUT2D eigenvalue weighted by molar-refractivity contribution is 7.92. The van der Waals surface area contributed by atoms with Gasteiger partial charge in [-0.3, -0.25) is 0 Å². The van der Waals surface area contributed by atoms with Crippen LogP contribution >= 0.6 is 0 Å². The average molecular weight is 362 g/mol. The van der Waals surface area contributed by atoms with E-state index in [4.69, 9.17) is 4.74 Å². The van der Waals surface area contributed by atoms with Crippen LogP contribution in [0.15, 0.2) is 28.9 Å². The number of sulfone groups is 1. The molecule has 2 aliphatic rings. The molecule has 0 spiro atoms. The third kappa shape index (κ3) is 3.53. The van der Waals surface area contributed by atoms with Gasteiger partial charge in [0.25, 0.3) is 0 Å². The second-order valence-electron chi connectivity index (χ2n) is 7.39. The minimum absolute atomic E-state index is 0.0751. The molecular formula is C20H26O4S. The Morgan fingerprint density at radius 3 is 2.56 bits per heavy atom. The van der Waals surface area contributed by atoms with Gasteiger partial charge >= 0.3 is 0 Å². The van der Waals surface area contributed by atoms with Crippen LogP contribution in [0.3, 0.4) is 0 Å². The second-order valence-corrected chi connectivity index (χ2v) is 9.57. The first-order valence-corrected chi connectivity index (χ1v) is 10.4. The lowest BCUT2D eigenvalue weighted by molar-refractivity contribution is 0.118. The predicted molar refractivity (Wildman–Crippen MR) is 100 cm³/mol. The third-order valence-electron chi connectivity index (χ3n) is 5.21. The summed E-state index contributed by atoms with van der Waals surface area (Å²) in [5.41, 5.74) is 6.02. The Balaban J connectivity index is 1.69. The molecule has 0 aliphatic carbocycles. The largest absolute Gasteiger partial charge is 0.507 e. The smallest absolute Gasteiger partial charge is 0.163 e. The average Bonchev–Trinajstić information content (AvgIpc) is 3.03. The van der Waals surface area contributed by atoms with Crippen LogP contribution in [0.25, 0.3) is 6.08 Å². The standard InChI is InChI=1S/C20H26O4S/c1-12(7-16-8-13(2)20(21)14(3)9-16)5-6-17-19-15(4)11-25(22,23)18(19)10-24-17/h7-9,17-18,21H,5-6,10-11H2,1-4H3/b12-7+/t17-,18+/m1/s1. The van der Waals surface area contributed by atoms with E-state index in [0.29, 0.717) is 12.4 Å². The van der Waals surface area contributed by atoms with Crippen molar-refractivity contribution in [1.29, 1.82) is 0 Å². The Hall–Kier alpha value is -1.59. The molecule has 1 aromatic rings. The lowest BCUT2D eigenvalue weighted by atomic mass is 9.97. The molecule has 1 saturated heterocycles. The Morgan fingerprint density at radius 1 is 1.28 bits per heavy atom. The minimum atomic E-state index is -3.04. The van der Waals surface area contributed by atoms with Gasteiger partial charge in [0.15, 0.2) is 9.84 Å². The molecule has 0 bridgehead atoms. The van der Waals surface area contributed by atoms with E-state index in [2.05, 4.69) is 13.0 Å². The van der Waals surface area contributed by atoms with E-state index in [-0.39, 0.29) is 11.9 Å². The number of allylic oxidation sites excluding steroid dienone is 1. The van der Waals surface area contributed by atoms with E-state index in [1.165, 1.54) is 5.57 Å². The summed E-state index contributed by atoms with van der Waals surface area (Å²) >= 11 is 0. The fourth-order valence-electron chi connectivity index (χ4n) is 3.95. The van der Waals surface area contributed by atoms with Crippen molar-refractivity contribution in [2.75, 3.05) is 12.4 Å². The normalized spacial score (nSPS) is 25.5. The molecule has 2 heterocycles. The van der Waals surface area contributed by atoms with Crippen LogP contribution in [0.5, 0.6) is 5.75 Å². The van der Waals surface area contributed by atoms with Gasteiger partial charge in [0, 0.05) is 0 Å². The summed E-state index contributed by atoms with van der Waals surface area (Å²) in [6.07, 6.45) is 3.71. The number of phenols is 1.